The van der Waals surface area contributed by atoms with E-state index >= 15 is 0 Å². The Hall–Kier alpha value is -7.48. The van der Waals surface area contributed by atoms with Crippen LogP contribution in [0, 0.1) is 23.7 Å². The number of nitrogens with zero attached hydrogens (tertiary/aromatic N) is 2. The zero-order valence-corrected chi connectivity index (χ0v) is 48.1. The van der Waals surface area contributed by atoms with E-state index in [9.17, 15) is 48.6 Å². The summed E-state index contributed by atoms with van der Waals surface area (Å²) in [5.74, 6) is -4.04. The van der Waals surface area contributed by atoms with Gasteiger partial charge in [-0.15, -0.1) is 0 Å². The number of Topliss-reactive ketones (excluding diaryl/α,β-unsaturated/α-hetero) is 2. The fraction of sp³-hybridized carbons (Fsp3) is 0.484. The summed E-state index contributed by atoms with van der Waals surface area (Å²) in [5.41, 5.74) is 11.1. The van der Waals surface area contributed by atoms with Crippen molar-refractivity contribution < 1.29 is 62.8 Å². The monoisotopic (exact) mass is 1120 g/mol. The average molecular weight is 1120 g/mol. The van der Waals surface area contributed by atoms with Crippen LogP contribution in [0.4, 0.5) is 0 Å². The van der Waals surface area contributed by atoms with Crippen molar-refractivity contribution in [2.45, 2.75) is 156 Å². The number of aliphatic hydroxyl groups excluding tert-OH is 1. The number of hydrazine groups is 2. The van der Waals surface area contributed by atoms with Crippen molar-refractivity contribution in [1.82, 2.24) is 31.5 Å². The number of carbonyl (C=O) groups is 8. The Balaban J connectivity index is 0.000000261. The number of esters is 1. The Morgan fingerprint density at radius 3 is 2.00 bits per heavy atom. The summed E-state index contributed by atoms with van der Waals surface area (Å²) >= 11 is 0. The Bertz CT molecular complexity index is 2860. The van der Waals surface area contributed by atoms with Gasteiger partial charge in [0.2, 0.25) is 11.8 Å². The third-order valence-corrected chi connectivity index (χ3v) is 15.0. The van der Waals surface area contributed by atoms with Gasteiger partial charge in [-0.25, -0.2) is 10.9 Å². The Morgan fingerprint density at radius 1 is 0.741 bits per heavy atom. The van der Waals surface area contributed by atoms with Crippen molar-refractivity contribution in [2.24, 2.45) is 23.7 Å². The molecule has 4 aliphatic heterocycles. The molecule has 2 fully saturated rings. The molecule has 19 heteroatoms. The summed E-state index contributed by atoms with van der Waals surface area (Å²) in [6.45, 7) is 18.2. The van der Waals surface area contributed by atoms with Crippen molar-refractivity contribution >= 4 is 47.1 Å². The highest BCUT2D eigenvalue weighted by atomic mass is 16.5. The smallest absolute Gasteiger partial charge is 0.325 e. The molecule has 0 aliphatic carbocycles. The number of ether oxygens (including phenoxy) is 3. The average Bonchev–Trinajstić information content (AvgIpc) is 3.46. The predicted molar refractivity (Wildman–Crippen MR) is 304 cm³/mol. The van der Waals surface area contributed by atoms with Gasteiger partial charge in [0.25, 0.3) is 11.8 Å². The van der Waals surface area contributed by atoms with Crippen molar-refractivity contribution in [3.63, 3.8) is 0 Å². The molecule has 4 aromatic carbocycles. The van der Waals surface area contributed by atoms with Crippen molar-refractivity contribution in [3.8, 4) is 33.8 Å². The number of nitrogens with one attached hydrogen (secondary N) is 4. The molecule has 19 nitrogen and oxygen atoms in total. The van der Waals surface area contributed by atoms with Gasteiger partial charge in [-0.05, 0) is 149 Å². The third-order valence-electron chi connectivity index (χ3n) is 15.0. The van der Waals surface area contributed by atoms with Crippen molar-refractivity contribution in [2.75, 3.05) is 13.1 Å². The molecule has 2 saturated heterocycles. The lowest BCUT2D eigenvalue weighted by Crippen LogP contribution is -2.59. The Morgan fingerprint density at radius 2 is 1.37 bits per heavy atom. The number of benzene rings is 4. The topological polar surface area (TPSA) is 259 Å². The number of carbonyl (C=O) groups excluding carboxylic acids is 7. The first-order valence-electron chi connectivity index (χ1n) is 28.1. The lowest BCUT2D eigenvalue weighted by Gasteiger charge is -2.35. The number of amides is 4. The molecule has 4 aliphatic rings. The highest BCUT2D eigenvalue weighted by Crippen LogP contribution is 2.30. The summed E-state index contributed by atoms with van der Waals surface area (Å²) < 4.78 is 17.6. The molecule has 10 atom stereocenters. The Kier molecular flexibility index (Phi) is 22.3. The van der Waals surface area contributed by atoms with Crippen LogP contribution in [0.2, 0.25) is 0 Å². The second-order valence-corrected chi connectivity index (χ2v) is 22.0. The molecule has 6 bridgehead atoms. The van der Waals surface area contributed by atoms with Gasteiger partial charge in [-0.1, -0.05) is 88.4 Å². The number of ketones is 2. The molecule has 0 saturated carbocycles. The van der Waals surface area contributed by atoms with E-state index in [1.807, 2.05) is 120 Å². The number of fused-ring (bicyclic) bond motifs is 12. The van der Waals surface area contributed by atoms with E-state index in [1.54, 1.807) is 46.8 Å². The summed E-state index contributed by atoms with van der Waals surface area (Å²) in [4.78, 5) is 103. The van der Waals surface area contributed by atoms with Crippen LogP contribution in [-0.4, -0.2) is 117 Å². The number of carboxylic acid groups (broad SMARTS) is 1. The number of aliphatic hydroxyl groups is 1. The molecule has 0 spiro atoms. The summed E-state index contributed by atoms with van der Waals surface area (Å²) in [6, 6.07) is 26.9. The number of hydrogen-bond acceptors (Lipinski definition) is 14. The van der Waals surface area contributed by atoms with Gasteiger partial charge < -0.3 is 35.1 Å². The largest absolute Gasteiger partial charge is 0.483 e. The van der Waals surface area contributed by atoms with E-state index in [0.29, 0.717) is 50.3 Å². The van der Waals surface area contributed by atoms with E-state index in [-0.39, 0.29) is 48.1 Å². The van der Waals surface area contributed by atoms with E-state index in [4.69, 9.17) is 14.2 Å². The lowest BCUT2D eigenvalue weighted by molar-refractivity contribution is -0.157. The normalized spacial score (nSPS) is 22.5. The Labute approximate surface area is 474 Å². The van der Waals surface area contributed by atoms with E-state index in [0.717, 1.165) is 33.4 Å². The van der Waals surface area contributed by atoms with Crippen LogP contribution in [-0.2, 0) is 43.1 Å². The molecule has 8 rings (SSSR count). The predicted octanol–water partition coefficient (Wildman–Crippen LogP) is 7.46. The molecule has 81 heavy (non-hydrogen) atoms. The minimum absolute atomic E-state index is 0.00941. The molecule has 0 radical (unpaired) electrons. The maximum atomic E-state index is 13.2. The van der Waals surface area contributed by atoms with Gasteiger partial charge in [0.05, 0.1) is 6.10 Å². The second-order valence-electron chi connectivity index (χ2n) is 22.0. The highest BCUT2D eigenvalue weighted by molar-refractivity contribution is 5.93. The van der Waals surface area contributed by atoms with E-state index < -0.39 is 84.2 Å². The van der Waals surface area contributed by atoms with Crippen LogP contribution in [0.3, 0.4) is 0 Å². The maximum Gasteiger partial charge on any atom is 0.325 e. The fourth-order valence-electron chi connectivity index (χ4n) is 9.76. The summed E-state index contributed by atoms with van der Waals surface area (Å²) in [5, 5.41) is 27.2. The second kappa shape index (κ2) is 28.8. The van der Waals surface area contributed by atoms with E-state index in [1.165, 1.54) is 10.0 Å². The first-order valence-corrected chi connectivity index (χ1v) is 28.1. The molecule has 0 unspecified atom stereocenters. The number of rotatable bonds is 13. The molecular weight excluding hydrogens is 1040 g/mol. The number of carboxylic acids is 1. The quantitative estimate of drug-likeness (QED) is 0.0710. The highest BCUT2D eigenvalue weighted by Gasteiger charge is 2.36. The molecule has 6 N–H and O–H groups in total. The summed E-state index contributed by atoms with van der Waals surface area (Å²) in [7, 11) is 0. The van der Waals surface area contributed by atoms with Crippen LogP contribution in [0.15, 0.2) is 97.1 Å². The minimum Gasteiger partial charge on any atom is -0.483 e. The molecule has 4 heterocycles. The standard InChI is InChI=1S/C31H41N3O7.C31H39N3O6/c1-18(2)26(29(37)32-19(3)30(38)34-15-7-10-27(33-34)31(39)40)17-28(36)21(5)41-25-13-11-22(12-14-25)24-9-6-8-23(16-24)20(4)35;1-18(2)26-17-28(35)21(5)39-25-13-11-22(12-14-25)24-9-6-8-23(16-24)20(4)40-31(38)27-10-7-15-34(33-27)30(37)19(3)32-29(26)36/h6,8-9,11-14,16,18-21,26-27,33,35H,7,10,15,17H2,1-5H3,(H,32,37)(H,39,40);6,8-9,11-14,16,18-21,26-27,33H,7,10,15,17H2,1-5H3,(H,32,36)/t2*19-,20+,21+,26-,27-/m00/s1. The van der Waals surface area contributed by atoms with Crippen LogP contribution in [0.25, 0.3) is 22.3 Å². The van der Waals surface area contributed by atoms with Gasteiger partial charge in [0, 0.05) is 37.8 Å². The van der Waals surface area contributed by atoms with Gasteiger partial charge in [-0.3, -0.25) is 48.4 Å². The molecule has 0 aromatic heterocycles. The fourth-order valence-corrected chi connectivity index (χ4v) is 9.76. The zero-order valence-electron chi connectivity index (χ0n) is 48.1. The zero-order chi connectivity index (χ0) is 59.2. The van der Waals surface area contributed by atoms with Crippen LogP contribution in [0.5, 0.6) is 11.5 Å². The maximum absolute atomic E-state index is 13.2. The van der Waals surface area contributed by atoms with Gasteiger partial charge >= 0.3 is 11.9 Å². The van der Waals surface area contributed by atoms with Crippen LogP contribution >= 0.6 is 0 Å². The third kappa shape index (κ3) is 17.3. The first-order chi connectivity index (χ1) is 38.4. The first kappa shape index (κ1) is 62.7. The lowest BCUT2D eigenvalue weighted by atomic mass is 9.88. The molecule has 436 valence electrons. The van der Waals surface area contributed by atoms with E-state index in [2.05, 4.69) is 21.5 Å². The molecular formula is C62H80N6O13. The minimum atomic E-state index is -1.03. The molecule has 4 amide bonds. The van der Waals surface area contributed by atoms with Crippen LogP contribution in [0.1, 0.15) is 131 Å². The van der Waals surface area contributed by atoms with Crippen LogP contribution < -0.4 is 31.0 Å². The summed E-state index contributed by atoms with van der Waals surface area (Å²) in [6.07, 6.45) is -0.579. The van der Waals surface area contributed by atoms with Crippen molar-refractivity contribution in [1.29, 1.82) is 0 Å². The number of hydrogen-bond donors (Lipinski definition) is 6. The van der Waals surface area contributed by atoms with Gasteiger partial charge in [-0.2, -0.15) is 0 Å². The van der Waals surface area contributed by atoms with Gasteiger partial charge in [0.15, 0.2) is 23.8 Å². The SMILES string of the molecule is CC(C)[C@@H]1CC(=O)[C@@H](C)Oc2ccc(cc2)-c2cccc(c2)[C@@H](C)OC(=O)[C@@H]2CCCN(N2)C(=O)[C@H](C)NC1=O.CC(C)[C@H](CC(=O)[C@@H](C)Oc1ccc(-c2cccc([C@@H](C)O)c2)cc1)C(=O)N[C@@H](C)C(=O)N1CCC[C@@H](C(=O)O)N1. The molecule has 4 aromatic rings. The van der Waals surface area contributed by atoms with Crippen molar-refractivity contribution in [3.05, 3.63) is 108 Å². The van der Waals surface area contributed by atoms with Gasteiger partial charge in [0.1, 0.15) is 41.8 Å². The number of aliphatic carboxylic acids is 1.